The number of ether oxygens (including phenoxy) is 1. The number of anilines is 1. The van der Waals surface area contributed by atoms with Gasteiger partial charge in [0.2, 0.25) is 0 Å². The number of methoxy groups -OCH3 is 1. The first-order valence-corrected chi connectivity index (χ1v) is 5.65. The maximum Gasteiger partial charge on any atom is 0.121 e. The van der Waals surface area contributed by atoms with Crippen LogP contribution < -0.4 is 10.5 Å². The van der Waals surface area contributed by atoms with E-state index < -0.39 is 0 Å². The van der Waals surface area contributed by atoms with Gasteiger partial charge in [-0.25, -0.2) is 4.98 Å². The van der Waals surface area contributed by atoms with Crippen LogP contribution in [0.25, 0.3) is 16.7 Å². The highest BCUT2D eigenvalue weighted by atomic mass is 16.5. The van der Waals surface area contributed by atoms with Crippen molar-refractivity contribution in [3.63, 3.8) is 0 Å². The van der Waals surface area contributed by atoms with Gasteiger partial charge in [0.25, 0.3) is 0 Å². The van der Waals surface area contributed by atoms with E-state index in [1.165, 1.54) is 0 Å². The van der Waals surface area contributed by atoms with Gasteiger partial charge in [-0.2, -0.15) is 0 Å². The van der Waals surface area contributed by atoms with Crippen LogP contribution in [0.2, 0.25) is 0 Å². The van der Waals surface area contributed by atoms with Crippen molar-refractivity contribution >= 4 is 16.7 Å². The second-order valence-electron chi connectivity index (χ2n) is 4.03. The standard InChI is InChI=1S/C14H13N3O/c1-18-10-6-7-11(15)14(8-10)17-9-16-12-4-2-3-5-13(12)17/h2-9H,15H2,1H3. The Morgan fingerprint density at radius 2 is 2.00 bits per heavy atom. The third-order valence-corrected chi connectivity index (χ3v) is 2.95. The highest BCUT2D eigenvalue weighted by Gasteiger charge is 2.08. The van der Waals surface area contributed by atoms with E-state index in [2.05, 4.69) is 4.98 Å². The third-order valence-electron chi connectivity index (χ3n) is 2.95. The van der Waals surface area contributed by atoms with E-state index in [0.717, 1.165) is 22.5 Å². The van der Waals surface area contributed by atoms with Gasteiger partial charge in [-0.15, -0.1) is 0 Å². The number of nitrogens with zero attached hydrogens (tertiary/aromatic N) is 2. The number of aromatic nitrogens is 2. The second-order valence-corrected chi connectivity index (χ2v) is 4.03. The topological polar surface area (TPSA) is 53.1 Å². The molecule has 18 heavy (non-hydrogen) atoms. The summed E-state index contributed by atoms with van der Waals surface area (Å²) in [5, 5.41) is 0. The average molecular weight is 239 g/mol. The van der Waals surface area contributed by atoms with E-state index in [0.29, 0.717) is 5.69 Å². The quantitative estimate of drug-likeness (QED) is 0.699. The Morgan fingerprint density at radius 1 is 1.17 bits per heavy atom. The van der Waals surface area contributed by atoms with Gasteiger partial charge < -0.3 is 10.5 Å². The van der Waals surface area contributed by atoms with E-state index in [1.807, 2.05) is 47.0 Å². The lowest BCUT2D eigenvalue weighted by Crippen LogP contribution is -1.99. The fourth-order valence-corrected chi connectivity index (χ4v) is 2.01. The van der Waals surface area contributed by atoms with Crippen LogP contribution in [0, 0.1) is 0 Å². The molecule has 1 aromatic heterocycles. The number of benzene rings is 2. The van der Waals surface area contributed by atoms with Crippen molar-refractivity contribution in [1.82, 2.24) is 9.55 Å². The highest BCUT2D eigenvalue weighted by molar-refractivity contribution is 5.79. The number of nitrogens with two attached hydrogens (primary N) is 1. The van der Waals surface area contributed by atoms with Crippen molar-refractivity contribution < 1.29 is 4.74 Å². The Balaban J connectivity index is 2.25. The van der Waals surface area contributed by atoms with Crippen LogP contribution in [-0.2, 0) is 0 Å². The van der Waals surface area contributed by atoms with Gasteiger partial charge >= 0.3 is 0 Å². The zero-order valence-corrected chi connectivity index (χ0v) is 10.00. The van der Waals surface area contributed by atoms with Gasteiger partial charge in [0, 0.05) is 6.07 Å². The Hall–Kier alpha value is -2.49. The van der Waals surface area contributed by atoms with Gasteiger partial charge in [-0.05, 0) is 24.3 Å². The van der Waals surface area contributed by atoms with Crippen LogP contribution in [0.3, 0.4) is 0 Å². The second kappa shape index (κ2) is 4.07. The number of hydrogen-bond donors (Lipinski definition) is 1. The third kappa shape index (κ3) is 1.59. The van der Waals surface area contributed by atoms with Crippen molar-refractivity contribution in [3.8, 4) is 11.4 Å². The van der Waals surface area contributed by atoms with Crippen molar-refractivity contribution in [1.29, 1.82) is 0 Å². The van der Waals surface area contributed by atoms with Crippen LogP contribution in [-0.4, -0.2) is 16.7 Å². The summed E-state index contributed by atoms with van der Waals surface area (Å²) in [7, 11) is 1.64. The Bertz CT molecular complexity index is 703. The summed E-state index contributed by atoms with van der Waals surface area (Å²) < 4.78 is 7.20. The summed E-state index contributed by atoms with van der Waals surface area (Å²) in [6, 6.07) is 13.5. The normalized spacial score (nSPS) is 10.7. The molecule has 0 bridgehead atoms. The van der Waals surface area contributed by atoms with Gasteiger partial charge in [0.1, 0.15) is 12.1 Å². The van der Waals surface area contributed by atoms with E-state index in [-0.39, 0.29) is 0 Å². The van der Waals surface area contributed by atoms with Gasteiger partial charge in [-0.3, -0.25) is 4.57 Å². The minimum Gasteiger partial charge on any atom is -0.497 e. The Morgan fingerprint density at radius 3 is 2.83 bits per heavy atom. The average Bonchev–Trinajstić information content (AvgIpc) is 2.83. The molecule has 0 saturated carbocycles. The molecule has 0 unspecified atom stereocenters. The molecule has 0 aliphatic heterocycles. The number of fused-ring (bicyclic) bond motifs is 1. The lowest BCUT2D eigenvalue weighted by atomic mass is 10.2. The van der Waals surface area contributed by atoms with Crippen molar-refractivity contribution in [3.05, 3.63) is 48.8 Å². The largest absolute Gasteiger partial charge is 0.497 e. The molecule has 2 N–H and O–H groups in total. The smallest absolute Gasteiger partial charge is 0.121 e. The molecule has 0 atom stereocenters. The molecule has 4 nitrogen and oxygen atoms in total. The lowest BCUT2D eigenvalue weighted by molar-refractivity contribution is 0.414. The molecule has 3 rings (SSSR count). The maximum absolute atomic E-state index is 6.02. The van der Waals surface area contributed by atoms with E-state index >= 15 is 0 Å². The summed E-state index contributed by atoms with van der Waals surface area (Å²) in [4.78, 5) is 4.36. The first-order valence-electron chi connectivity index (χ1n) is 5.65. The summed E-state index contributed by atoms with van der Waals surface area (Å²) >= 11 is 0. The molecule has 90 valence electrons. The van der Waals surface area contributed by atoms with Crippen molar-refractivity contribution in [2.24, 2.45) is 0 Å². The zero-order chi connectivity index (χ0) is 12.5. The summed E-state index contributed by atoms with van der Waals surface area (Å²) in [5.74, 6) is 0.775. The maximum atomic E-state index is 6.02. The predicted molar refractivity (Wildman–Crippen MR) is 72.0 cm³/mol. The molecule has 3 aromatic rings. The molecule has 0 amide bonds. The number of rotatable bonds is 2. The van der Waals surface area contributed by atoms with Crippen LogP contribution >= 0.6 is 0 Å². The van der Waals surface area contributed by atoms with Gasteiger partial charge in [-0.1, -0.05) is 12.1 Å². The molecule has 0 aliphatic carbocycles. The monoisotopic (exact) mass is 239 g/mol. The number of nitrogen functional groups attached to an aromatic ring is 1. The van der Waals surface area contributed by atoms with Crippen LogP contribution in [0.1, 0.15) is 0 Å². The molecule has 0 fully saturated rings. The first-order chi connectivity index (χ1) is 8.79. The molecule has 2 aromatic carbocycles. The molecular weight excluding hydrogens is 226 g/mol. The fourth-order valence-electron chi connectivity index (χ4n) is 2.01. The minimum atomic E-state index is 0.693. The fraction of sp³-hybridized carbons (Fsp3) is 0.0714. The van der Waals surface area contributed by atoms with Crippen LogP contribution in [0.4, 0.5) is 5.69 Å². The van der Waals surface area contributed by atoms with Crippen molar-refractivity contribution in [2.45, 2.75) is 0 Å². The molecule has 0 aliphatic rings. The van der Waals surface area contributed by atoms with Crippen LogP contribution in [0.15, 0.2) is 48.8 Å². The zero-order valence-electron chi connectivity index (χ0n) is 10.00. The molecule has 0 spiro atoms. The van der Waals surface area contributed by atoms with Gasteiger partial charge in [0.05, 0.1) is 29.5 Å². The first kappa shape index (κ1) is 10.7. The van der Waals surface area contributed by atoms with Crippen LogP contribution in [0.5, 0.6) is 5.75 Å². The van der Waals surface area contributed by atoms with E-state index in [1.54, 1.807) is 13.4 Å². The predicted octanol–water partition coefficient (Wildman–Crippen LogP) is 2.62. The SMILES string of the molecule is COc1ccc(N)c(-n2cnc3ccccc32)c1. The highest BCUT2D eigenvalue weighted by Crippen LogP contribution is 2.26. The van der Waals surface area contributed by atoms with Crippen molar-refractivity contribution in [2.75, 3.05) is 12.8 Å². The minimum absolute atomic E-state index is 0.693. The number of imidazole rings is 1. The Labute approximate surface area is 105 Å². The summed E-state index contributed by atoms with van der Waals surface area (Å²) in [5.41, 5.74) is 9.56. The molecule has 0 saturated heterocycles. The number of para-hydroxylation sites is 2. The van der Waals surface area contributed by atoms with Gasteiger partial charge in [0.15, 0.2) is 0 Å². The lowest BCUT2D eigenvalue weighted by Gasteiger charge is -2.09. The van der Waals surface area contributed by atoms with E-state index in [9.17, 15) is 0 Å². The number of hydrogen-bond acceptors (Lipinski definition) is 3. The summed E-state index contributed by atoms with van der Waals surface area (Å²) in [6.45, 7) is 0. The Kier molecular flexibility index (Phi) is 2.41. The van der Waals surface area contributed by atoms with E-state index in [4.69, 9.17) is 10.5 Å². The molecule has 1 heterocycles. The molecule has 0 radical (unpaired) electrons. The summed E-state index contributed by atoms with van der Waals surface area (Å²) in [6.07, 6.45) is 1.77. The molecule has 4 heteroatoms. The molecular formula is C14H13N3O.